The van der Waals surface area contributed by atoms with Gasteiger partial charge in [0.05, 0.1) is 29.8 Å². The number of hydrazone groups is 1. The van der Waals surface area contributed by atoms with E-state index >= 15 is 0 Å². The SMILES string of the molecule is CN(C)c1ccc2c(c1)OCCN2C(=O)C1=NN(C2CCS(=O)(=O)C2)C(=O)CC1. The van der Waals surface area contributed by atoms with Gasteiger partial charge >= 0.3 is 0 Å². The summed E-state index contributed by atoms with van der Waals surface area (Å²) in [6.45, 7) is 0.754. The number of sulfone groups is 1. The molecule has 0 aromatic heterocycles. The van der Waals surface area contributed by atoms with E-state index in [1.807, 2.05) is 37.2 Å². The van der Waals surface area contributed by atoms with Gasteiger partial charge in [0.15, 0.2) is 9.84 Å². The van der Waals surface area contributed by atoms with Gasteiger partial charge in [-0.3, -0.25) is 9.59 Å². The molecule has 0 saturated carbocycles. The van der Waals surface area contributed by atoms with Crippen LogP contribution >= 0.6 is 0 Å². The number of carbonyl (C=O) groups is 2. The quantitative estimate of drug-likeness (QED) is 0.712. The number of fused-ring (bicyclic) bond motifs is 1. The summed E-state index contributed by atoms with van der Waals surface area (Å²) in [4.78, 5) is 29.1. The van der Waals surface area contributed by atoms with E-state index in [2.05, 4.69) is 5.10 Å². The predicted molar refractivity (Wildman–Crippen MR) is 109 cm³/mol. The Hall–Kier alpha value is -2.62. The van der Waals surface area contributed by atoms with Crippen molar-refractivity contribution in [1.29, 1.82) is 0 Å². The molecule has 29 heavy (non-hydrogen) atoms. The molecular weight excluding hydrogens is 396 g/mol. The molecule has 1 unspecified atom stereocenters. The Kier molecular flexibility index (Phi) is 4.97. The van der Waals surface area contributed by atoms with Gasteiger partial charge in [0.2, 0.25) is 5.91 Å². The number of carbonyl (C=O) groups excluding carboxylic acids is 2. The molecule has 4 rings (SSSR count). The second kappa shape index (κ2) is 7.33. The highest BCUT2D eigenvalue weighted by molar-refractivity contribution is 7.91. The molecule has 0 radical (unpaired) electrons. The lowest BCUT2D eigenvalue weighted by Crippen LogP contribution is -2.47. The van der Waals surface area contributed by atoms with Crippen LogP contribution in [-0.2, 0) is 19.4 Å². The van der Waals surface area contributed by atoms with Crippen molar-refractivity contribution in [1.82, 2.24) is 5.01 Å². The fourth-order valence-electron chi connectivity index (χ4n) is 3.83. The van der Waals surface area contributed by atoms with Crippen molar-refractivity contribution in [3.63, 3.8) is 0 Å². The van der Waals surface area contributed by atoms with Gasteiger partial charge in [0, 0.05) is 38.7 Å². The highest BCUT2D eigenvalue weighted by Crippen LogP contribution is 2.35. The molecule has 0 N–H and O–H groups in total. The van der Waals surface area contributed by atoms with Crippen molar-refractivity contribution in [3.05, 3.63) is 18.2 Å². The van der Waals surface area contributed by atoms with Crippen LogP contribution in [0.4, 0.5) is 11.4 Å². The molecule has 9 nitrogen and oxygen atoms in total. The molecule has 1 saturated heterocycles. The summed E-state index contributed by atoms with van der Waals surface area (Å²) in [6.07, 6.45) is 0.751. The maximum absolute atomic E-state index is 13.2. The topological polar surface area (TPSA) is 99.6 Å². The lowest BCUT2D eigenvalue weighted by Gasteiger charge is -2.33. The van der Waals surface area contributed by atoms with Crippen LogP contribution in [0.1, 0.15) is 19.3 Å². The van der Waals surface area contributed by atoms with Gasteiger partial charge in [-0.1, -0.05) is 0 Å². The molecule has 0 bridgehead atoms. The second-order valence-electron chi connectivity index (χ2n) is 7.69. The Labute approximate surface area is 169 Å². The van der Waals surface area contributed by atoms with E-state index < -0.39 is 15.9 Å². The first kappa shape index (κ1) is 19.7. The molecule has 3 aliphatic rings. The van der Waals surface area contributed by atoms with Crippen LogP contribution < -0.4 is 14.5 Å². The van der Waals surface area contributed by atoms with E-state index in [0.29, 0.717) is 31.0 Å². The molecule has 3 heterocycles. The minimum Gasteiger partial charge on any atom is -0.489 e. The van der Waals surface area contributed by atoms with Crippen LogP contribution in [0.15, 0.2) is 23.3 Å². The van der Waals surface area contributed by atoms with Crippen molar-refractivity contribution in [2.75, 3.05) is 48.6 Å². The number of ether oxygens (including phenoxy) is 1. The van der Waals surface area contributed by atoms with Crippen molar-refractivity contribution >= 4 is 38.7 Å². The number of hydrogen-bond donors (Lipinski definition) is 0. The summed E-state index contributed by atoms with van der Waals surface area (Å²) in [5, 5.41) is 5.52. The van der Waals surface area contributed by atoms with Gasteiger partial charge in [-0.15, -0.1) is 0 Å². The van der Waals surface area contributed by atoms with Gasteiger partial charge < -0.3 is 14.5 Å². The fourth-order valence-corrected chi connectivity index (χ4v) is 5.52. The largest absolute Gasteiger partial charge is 0.489 e. The predicted octanol–water partition coefficient (Wildman–Crippen LogP) is 0.643. The zero-order valence-electron chi connectivity index (χ0n) is 16.5. The molecule has 10 heteroatoms. The monoisotopic (exact) mass is 420 g/mol. The summed E-state index contributed by atoms with van der Waals surface area (Å²) < 4.78 is 29.3. The molecule has 0 spiro atoms. The normalized spacial score (nSPS) is 23.3. The number of benzene rings is 1. The molecular formula is C19H24N4O5S. The van der Waals surface area contributed by atoms with Gasteiger partial charge in [0.25, 0.3) is 5.91 Å². The van der Waals surface area contributed by atoms with E-state index in [-0.39, 0.29) is 41.9 Å². The van der Waals surface area contributed by atoms with E-state index in [4.69, 9.17) is 4.74 Å². The van der Waals surface area contributed by atoms with Crippen LogP contribution in [0, 0.1) is 0 Å². The van der Waals surface area contributed by atoms with Gasteiger partial charge in [-0.25, -0.2) is 13.4 Å². The highest BCUT2D eigenvalue weighted by atomic mass is 32.2. The number of hydrogen-bond acceptors (Lipinski definition) is 7. The number of anilines is 2. The lowest BCUT2D eigenvalue weighted by molar-refractivity contribution is -0.133. The first-order chi connectivity index (χ1) is 13.7. The summed E-state index contributed by atoms with van der Waals surface area (Å²) >= 11 is 0. The van der Waals surface area contributed by atoms with Gasteiger partial charge in [-0.05, 0) is 18.6 Å². The van der Waals surface area contributed by atoms with Crippen LogP contribution in [0.2, 0.25) is 0 Å². The van der Waals surface area contributed by atoms with Crippen molar-refractivity contribution in [2.24, 2.45) is 5.10 Å². The maximum Gasteiger partial charge on any atom is 0.274 e. The van der Waals surface area contributed by atoms with Crippen molar-refractivity contribution in [2.45, 2.75) is 25.3 Å². The number of nitrogens with zero attached hydrogens (tertiary/aromatic N) is 4. The lowest BCUT2D eigenvalue weighted by atomic mass is 10.1. The Morgan fingerprint density at radius 1 is 1.28 bits per heavy atom. The van der Waals surface area contributed by atoms with Crippen LogP contribution in [-0.4, -0.2) is 75.7 Å². The van der Waals surface area contributed by atoms with Gasteiger partial charge in [0.1, 0.15) is 18.1 Å². The Morgan fingerprint density at radius 3 is 2.76 bits per heavy atom. The summed E-state index contributed by atoms with van der Waals surface area (Å²) in [7, 11) is 0.703. The van der Waals surface area contributed by atoms with Crippen LogP contribution in [0.5, 0.6) is 5.75 Å². The molecule has 1 aromatic rings. The zero-order valence-corrected chi connectivity index (χ0v) is 17.3. The van der Waals surface area contributed by atoms with Crippen LogP contribution in [0.3, 0.4) is 0 Å². The van der Waals surface area contributed by atoms with Crippen LogP contribution in [0.25, 0.3) is 0 Å². The second-order valence-corrected chi connectivity index (χ2v) is 9.92. The molecule has 3 aliphatic heterocycles. The summed E-state index contributed by atoms with van der Waals surface area (Å²) in [5.41, 5.74) is 1.91. The standard InChI is InChI=1S/C19H24N4O5S/c1-21(2)13-3-5-16-17(11-13)28-9-8-22(16)19(25)15-4-6-18(24)23(20-15)14-7-10-29(26,27)12-14/h3,5,11,14H,4,6-10,12H2,1-2H3. The Balaban J connectivity index is 1.60. The number of rotatable bonds is 3. The molecule has 1 fully saturated rings. The third kappa shape index (κ3) is 3.81. The number of amides is 2. The molecule has 156 valence electrons. The first-order valence-electron chi connectivity index (χ1n) is 9.61. The van der Waals surface area contributed by atoms with Gasteiger partial charge in [-0.2, -0.15) is 5.10 Å². The Morgan fingerprint density at radius 2 is 2.07 bits per heavy atom. The van der Waals surface area contributed by atoms with E-state index in [0.717, 1.165) is 5.69 Å². The third-order valence-corrected chi connectivity index (χ3v) is 7.18. The highest BCUT2D eigenvalue weighted by Gasteiger charge is 2.38. The molecule has 1 aromatic carbocycles. The zero-order chi connectivity index (χ0) is 20.8. The van der Waals surface area contributed by atoms with E-state index in [1.54, 1.807) is 4.90 Å². The van der Waals surface area contributed by atoms with E-state index in [9.17, 15) is 18.0 Å². The molecule has 0 aliphatic carbocycles. The average Bonchev–Trinajstić information content (AvgIpc) is 3.06. The first-order valence-corrected chi connectivity index (χ1v) is 11.4. The minimum absolute atomic E-state index is 0.0469. The Bertz CT molecular complexity index is 988. The summed E-state index contributed by atoms with van der Waals surface area (Å²) in [6, 6.07) is 5.15. The minimum atomic E-state index is -3.16. The maximum atomic E-state index is 13.2. The fraction of sp³-hybridized carbons (Fsp3) is 0.526. The molecule has 2 amide bonds. The van der Waals surface area contributed by atoms with E-state index in [1.165, 1.54) is 5.01 Å². The molecule has 1 atom stereocenters. The third-order valence-electron chi connectivity index (χ3n) is 5.43. The average molecular weight is 420 g/mol. The summed E-state index contributed by atoms with van der Waals surface area (Å²) in [5.74, 6) is 0.0667. The van der Waals surface area contributed by atoms with Crippen molar-refractivity contribution < 1.29 is 22.7 Å². The van der Waals surface area contributed by atoms with Crippen molar-refractivity contribution in [3.8, 4) is 5.75 Å². The smallest absolute Gasteiger partial charge is 0.274 e.